The number of aromatic nitrogens is 2. The number of imidazole rings is 1. The summed E-state index contributed by atoms with van der Waals surface area (Å²) in [6.45, 7) is 5.23. The van der Waals surface area contributed by atoms with Crippen LogP contribution >= 0.6 is 11.8 Å². The zero-order chi connectivity index (χ0) is 16.4. The normalized spacial score (nSPS) is 17.7. The van der Waals surface area contributed by atoms with Crippen LogP contribution in [0.3, 0.4) is 0 Å². The van der Waals surface area contributed by atoms with Gasteiger partial charge in [-0.05, 0) is 26.0 Å². The van der Waals surface area contributed by atoms with Crippen LogP contribution < -0.4 is 0 Å². The lowest BCUT2D eigenvalue weighted by atomic mass is 10.2. The van der Waals surface area contributed by atoms with Crippen LogP contribution in [0.2, 0.25) is 0 Å². The number of fused-ring (bicyclic) bond motifs is 1. The lowest BCUT2D eigenvalue weighted by Gasteiger charge is -2.27. The molecule has 0 aliphatic carbocycles. The van der Waals surface area contributed by atoms with E-state index < -0.39 is 6.04 Å². The third-order valence-corrected chi connectivity index (χ3v) is 5.10. The Bertz CT molecular complexity index is 693. The highest BCUT2D eigenvalue weighted by Gasteiger charge is 2.37. The molecule has 2 aromatic rings. The first-order valence-corrected chi connectivity index (χ1v) is 8.92. The second kappa shape index (κ2) is 6.62. The fourth-order valence-electron chi connectivity index (χ4n) is 2.78. The van der Waals surface area contributed by atoms with Gasteiger partial charge in [0.25, 0.3) is 5.91 Å². The SMILES string of the molecule is CCN(CC)C(=O)[C@@H]1CSCN1C(=O)c1cn2ccccc2n1. The fourth-order valence-corrected chi connectivity index (χ4v) is 3.92. The van der Waals surface area contributed by atoms with Crippen molar-refractivity contribution < 1.29 is 9.59 Å². The van der Waals surface area contributed by atoms with Gasteiger partial charge in [0, 0.05) is 31.2 Å². The third-order valence-electron chi connectivity index (χ3n) is 4.09. The number of nitrogens with zero attached hydrogens (tertiary/aromatic N) is 4. The molecule has 7 heteroatoms. The number of rotatable bonds is 4. The summed E-state index contributed by atoms with van der Waals surface area (Å²) >= 11 is 1.61. The molecule has 3 rings (SSSR count). The predicted octanol–water partition coefficient (Wildman–Crippen LogP) is 1.72. The molecule has 0 saturated carbocycles. The maximum Gasteiger partial charge on any atom is 0.275 e. The van der Waals surface area contributed by atoms with E-state index in [4.69, 9.17) is 0 Å². The van der Waals surface area contributed by atoms with Gasteiger partial charge in [0.15, 0.2) is 0 Å². The van der Waals surface area contributed by atoms with Crippen LogP contribution in [0, 0.1) is 0 Å². The van der Waals surface area contributed by atoms with E-state index in [1.54, 1.807) is 27.8 Å². The van der Waals surface area contributed by atoms with Gasteiger partial charge in [-0.1, -0.05) is 6.07 Å². The molecule has 0 N–H and O–H groups in total. The highest BCUT2D eigenvalue weighted by atomic mass is 32.2. The Balaban J connectivity index is 1.84. The average Bonchev–Trinajstić information content (AvgIpc) is 3.21. The van der Waals surface area contributed by atoms with Crippen LogP contribution in [0.1, 0.15) is 24.3 Å². The van der Waals surface area contributed by atoms with Gasteiger partial charge >= 0.3 is 0 Å². The smallest absolute Gasteiger partial charge is 0.275 e. The van der Waals surface area contributed by atoms with E-state index in [0.717, 1.165) is 5.65 Å². The van der Waals surface area contributed by atoms with E-state index in [1.807, 2.05) is 42.6 Å². The fraction of sp³-hybridized carbons (Fsp3) is 0.438. The first kappa shape index (κ1) is 15.9. The van der Waals surface area contributed by atoms with Crippen LogP contribution in [0.5, 0.6) is 0 Å². The van der Waals surface area contributed by atoms with Gasteiger partial charge in [-0.2, -0.15) is 0 Å². The van der Waals surface area contributed by atoms with Crippen molar-refractivity contribution in [2.75, 3.05) is 24.7 Å². The number of pyridine rings is 1. The molecular weight excluding hydrogens is 312 g/mol. The summed E-state index contributed by atoms with van der Waals surface area (Å²) in [4.78, 5) is 33.2. The van der Waals surface area contributed by atoms with Gasteiger partial charge in [0.05, 0.1) is 5.88 Å². The molecule has 0 spiro atoms. The number of carbonyl (C=O) groups is 2. The lowest BCUT2D eigenvalue weighted by molar-refractivity contribution is -0.134. The van der Waals surface area contributed by atoms with Gasteiger partial charge < -0.3 is 14.2 Å². The Hall–Kier alpha value is -2.02. The van der Waals surface area contributed by atoms with Crippen molar-refractivity contribution in [1.29, 1.82) is 0 Å². The summed E-state index contributed by atoms with van der Waals surface area (Å²) < 4.78 is 1.82. The second-order valence-electron chi connectivity index (χ2n) is 5.39. The third kappa shape index (κ3) is 2.93. The monoisotopic (exact) mass is 332 g/mol. The van der Waals surface area contributed by atoms with E-state index in [2.05, 4.69) is 4.98 Å². The molecule has 1 aliphatic heterocycles. The van der Waals surface area contributed by atoms with E-state index in [9.17, 15) is 9.59 Å². The summed E-state index contributed by atoms with van der Waals surface area (Å²) in [5.74, 6) is 1.03. The molecule has 122 valence electrons. The van der Waals surface area contributed by atoms with E-state index in [0.29, 0.717) is 30.4 Å². The van der Waals surface area contributed by atoms with Crippen LogP contribution in [0.15, 0.2) is 30.6 Å². The topological polar surface area (TPSA) is 57.9 Å². The minimum atomic E-state index is -0.391. The Morgan fingerprint density at radius 3 is 2.83 bits per heavy atom. The molecule has 0 radical (unpaired) electrons. The Kier molecular flexibility index (Phi) is 4.56. The zero-order valence-electron chi connectivity index (χ0n) is 13.3. The molecular formula is C16H20N4O2S. The molecule has 1 aliphatic rings. The standard InChI is InChI=1S/C16H20N4O2S/c1-3-18(4-2)16(22)13-10-23-11-20(13)15(21)12-9-19-8-6-5-7-14(19)17-12/h5-9,13H,3-4,10-11H2,1-2H3/t13-/m0/s1. The van der Waals surface area contributed by atoms with E-state index >= 15 is 0 Å². The minimum absolute atomic E-state index is 0.0251. The number of likely N-dealkylation sites (N-methyl/N-ethyl adjacent to an activating group) is 1. The first-order chi connectivity index (χ1) is 11.2. The van der Waals surface area contributed by atoms with Crippen molar-refractivity contribution in [3.63, 3.8) is 0 Å². The number of hydrogen-bond acceptors (Lipinski definition) is 4. The van der Waals surface area contributed by atoms with Crippen LogP contribution in [0.4, 0.5) is 0 Å². The second-order valence-corrected chi connectivity index (χ2v) is 6.39. The molecule has 1 saturated heterocycles. The Morgan fingerprint density at radius 2 is 2.13 bits per heavy atom. The van der Waals surface area contributed by atoms with Crippen molar-refractivity contribution in [3.05, 3.63) is 36.3 Å². The van der Waals surface area contributed by atoms with Gasteiger partial charge in [-0.25, -0.2) is 4.98 Å². The number of amides is 2. The van der Waals surface area contributed by atoms with Crippen molar-refractivity contribution in [3.8, 4) is 0 Å². The van der Waals surface area contributed by atoms with Crippen molar-refractivity contribution in [2.24, 2.45) is 0 Å². The predicted molar refractivity (Wildman–Crippen MR) is 90.4 cm³/mol. The summed E-state index contributed by atoms with van der Waals surface area (Å²) in [6.07, 6.45) is 3.58. The number of thioether (sulfide) groups is 1. The molecule has 23 heavy (non-hydrogen) atoms. The Labute approximate surface area is 139 Å². The Morgan fingerprint density at radius 1 is 1.35 bits per heavy atom. The minimum Gasteiger partial charge on any atom is -0.341 e. The van der Waals surface area contributed by atoms with E-state index in [1.165, 1.54) is 0 Å². The van der Waals surface area contributed by atoms with E-state index in [-0.39, 0.29) is 11.8 Å². The molecule has 0 bridgehead atoms. The lowest BCUT2D eigenvalue weighted by Crippen LogP contribution is -2.49. The van der Waals surface area contributed by atoms with Crippen LogP contribution in [-0.2, 0) is 4.79 Å². The van der Waals surface area contributed by atoms with Gasteiger partial charge in [0.1, 0.15) is 17.4 Å². The van der Waals surface area contributed by atoms with Gasteiger partial charge in [-0.3, -0.25) is 9.59 Å². The average molecular weight is 332 g/mol. The number of carbonyl (C=O) groups excluding carboxylic acids is 2. The molecule has 3 heterocycles. The first-order valence-electron chi connectivity index (χ1n) is 7.77. The molecule has 1 atom stereocenters. The highest BCUT2D eigenvalue weighted by Crippen LogP contribution is 2.24. The van der Waals surface area contributed by atoms with Gasteiger partial charge in [-0.15, -0.1) is 11.8 Å². The molecule has 6 nitrogen and oxygen atoms in total. The van der Waals surface area contributed by atoms with Gasteiger partial charge in [0.2, 0.25) is 5.91 Å². The quantitative estimate of drug-likeness (QED) is 0.855. The highest BCUT2D eigenvalue weighted by molar-refractivity contribution is 7.99. The van der Waals surface area contributed by atoms with Crippen molar-refractivity contribution in [1.82, 2.24) is 19.2 Å². The number of hydrogen-bond donors (Lipinski definition) is 0. The molecule has 1 fully saturated rings. The largest absolute Gasteiger partial charge is 0.341 e. The van der Waals surface area contributed by atoms with Crippen LogP contribution in [0.25, 0.3) is 5.65 Å². The summed E-state index contributed by atoms with van der Waals surface area (Å²) in [6, 6.07) is 5.24. The summed E-state index contributed by atoms with van der Waals surface area (Å²) in [7, 11) is 0. The van der Waals surface area contributed by atoms with Crippen LogP contribution in [-0.4, -0.2) is 61.8 Å². The van der Waals surface area contributed by atoms with Crippen molar-refractivity contribution in [2.45, 2.75) is 19.9 Å². The zero-order valence-corrected chi connectivity index (χ0v) is 14.1. The van der Waals surface area contributed by atoms with Crippen molar-refractivity contribution >= 4 is 29.2 Å². The maximum atomic E-state index is 12.8. The molecule has 0 unspecified atom stereocenters. The maximum absolute atomic E-state index is 12.8. The molecule has 2 amide bonds. The summed E-state index contributed by atoms with van der Waals surface area (Å²) in [5, 5.41) is 0. The molecule has 0 aromatic carbocycles. The summed E-state index contributed by atoms with van der Waals surface area (Å²) in [5.41, 5.74) is 1.12. The molecule has 2 aromatic heterocycles.